The summed E-state index contributed by atoms with van der Waals surface area (Å²) in [6, 6.07) is 4.98. The predicted molar refractivity (Wildman–Crippen MR) is 57.2 cm³/mol. The Kier molecular flexibility index (Phi) is 3.74. The summed E-state index contributed by atoms with van der Waals surface area (Å²) in [6.07, 6.45) is 2.48. The molecule has 0 aliphatic heterocycles. The third-order valence-corrected chi connectivity index (χ3v) is 1.92. The minimum absolute atomic E-state index is 0.197. The molecule has 0 bridgehead atoms. The summed E-state index contributed by atoms with van der Waals surface area (Å²) >= 11 is 0. The molecule has 0 radical (unpaired) electrons. The number of allylic oxidation sites excluding steroid dienone is 1. The van der Waals surface area contributed by atoms with Gasteiger partial charge in [0, 0.05) is 12.1 Å². The second-order valence-corrected chi connectivity index (χ2v) is 2.79. The highest BCUT2D eigenvalue weighted by Gasteiger charge is 2.10. The van der Waals surface area contributed by atoms with Crippen molar-refractivity contribution in [1.29, 1.82) is 0 Å². The molecule has 4 heteroatoms. The Morgan fingerprint density at radius 1 is 1.33 bits per heavy atom. The third-order valence-electron chi connectivity index (χ3n) is 1.92. The van der Waals surface area contributed by atoms with Crippen LogP contribution in [0.4, 0.5) is 0 Å². The number of nitrogens with two attached hydrogens (primary N) is 1. The Bertz CT molecular complexity index is 385. The van der Waals surface area contributed by atoms with Gasteiger partial charge in [0.25, 0.3) is 0 Å². The molecule has 0 saturated carbocycles. The van der Waals surface area contributed by atoms with Crippen molar-refractivity contribution in [3.63, 3.8) is 0 Å². The lowest BCUT2D eigenvalue weighted by Crippen LogP contribution is -2.00. The number of hydrogen-bond donors (Lipinski definition) is 1. The third kappa shape index (κ3) is 2.49. The van der Waals surface area contributed by atoms with Crippen LogP contribution in [-0.2, 0) is 0 Å². The van der Waals surface area contributed by atoms with Crippen molar-refractivity contribution >= 4 is 5.78 Å². The first-order chi connectivity index (χ1) is 7.22. The fourth-order valence-corrected chi connectivity index (χ4v) is 1.18. The summed E-state index contributed by atoms with van der Waals surface area (Å²) in [4.78, 5) is 11.5. The van der Waals surface area contributed by atoms with Crippen molar-refractivity contribution in [3.8, 4) is 11.5 Å². The van der Waals surface area contributed by atoms with Gasteiger partial charge in [-0.2, -0.15) is 0 Å². The molecule has 0 aliphatic rings. The van der Waals surface area contributed by atoms with Crippen LogP contribution >= 0.6 is 0 Å². The van der Waals surface area contributed by atoms with Gasteiger partial charge in [-0.3, -0.25) is 4.79 Å². The fourth-order valence-electron chi connectivity index (χ4n) is 1.18. The van der Waals surface area contributed by atoms with Gasteiger partial charge in [-0.15, -0.1) is 0 Å². The van der Waals surface area contributed by atoms with E-state index in [9.17, 15) is 4.79 Å². The van der Waals surface area contributed by atoms with Gasteiger partial charge in [-0.1, -0.05) is 0 Å². The summed E-state index contributed by atoms with van der Waals surface area (Å²) in [5, 5.41) is 0. The van der Waals surface area contributed by atoms with Gasteiger partial charge in [-0.05, 0) is 18.3 Å². The van der Waals surface area contributed by atoms with E-state index >= 15 is 0 Å². The van der Waals surface area contributed by atoms with Crippen LogP contribution < -0.4 is 15.2 Å². The summed E-state index contributed by atoms with van der Waals surface area (Å²) in [7, 11) is 3.05. The monoisotopic (exact) mass is 207 g/mol. The Morgan fingerprint density at radius 2 is 2.07 bits per heavy atom. The fraction of sp³-hybridized carbons (Fsp3) is 0.182. The second-order valence-electron chi connectivity index (χ2n) is 2.79. The predicted octanol–water partition coefficient (Wildman–Crippen LogP) is 1.36. The minimum atomic E-state index is -0.197. The van der Waals surface area contributed by atoms with Crippen LogP contribution in [-0.4, -0.2) is 20.0 Å². The molecule has 0 fully saturated rings. The molecule has 15 heavy (non-hydrogen) atoms. The lowest BCUT2D eigenvalue weighted by molar-refractivity contribution is 0.104. The molecule has 0 spiro atoms. The van der Waals surface area contributed by atoms with E-state index in [1.54, 1.807) is 25.3 Å². The maximum Gasteiger partial charge on any atom is 0.190 e. The molecule has 0 heterocycles. The molecule has 1 aromatic rings. The molecule has 0 aliphatic carbocycles. The Morgan fingerprint density at radius 3 is 2.60 bits per heavy atom. The molecule has 0 amide bonds. The van der Waals surface area contributed by atoms with Crippen molar-refractivity contribution in [2.24, 2.45) is 5.73 Å². The Hall–Kier alpha value is -1.97. The van der Waals surface area contributed by atoms with Crippen LogP contribution in [0.3, 0.4) is 0 Å². The molecule has 0 atom stereocenters. The van der Waals surface area contributed by atoms with E-state index in [1.165, 1.54) is 19.4 Å². The van der Waals surface area contributed by atoms with Gasteiger partial charge in [0.2, 0.25) is 0 Å². The smallest absolute Gasteiger partial charge is 0.190 e. The van der Waals surface area contributed by atoms with Crippen molar-refractivity contribution in [3.05, 3.63) is 36.0 Å². The average molecular weight is 207 g/mol. The largest absolute Gasteiger partial charge is 0.497 e. The minimum Gasteiger partial charge on any atom is -0.497 e. The maximum atomic E-state index is 11.5. The molecule has 0 saturated heterocycles. The average Bonchev–Trinajstić information content (AvgIpc) is 2.28. The van der Waals surface area contributed by atoms with Gasteiger partial charge < -0.3 is 15.2 Å². The van der Waals surface area contributed by atoms with Crippen LogP contribution in [0, 0.1) is 0 Å². The molecular weight excluding hydrogens is 194 g/mol. The van der Waals surface area contributed by atoms with Crippen LogP contribution in [0.15, 0.2) is 30.5 Å². The molecule has 1 aromatic carbocycles. The van der Waals surface area contributed by atoms with Gasteiger partial charge in [-0.25, -0.2) is 0 Å². The first kappa shape index (κ1) is 11.1. The zero-order valence-electron chi connectivity index (χ0n) is 8.69. The molecule has 0 aromatic heterocycles. The molecule has 0 unspecified atom stereocenters. The lowest BCUT2D eigenvalue weighted by Gasteiger charge is -2.07. The highest BCUT2D eigenvalue weighted by Crippen LogP contribution is 2.24. The number of rotatable bonds is 4. The van der Waals surface area contributed by atoms with Crippen LogP contribution in [0.5, 0.6) is 11.5 Å². The molecular formula is C11H13NO3. The van der Waals surface area contributed by atoms with E-state index in [0.29, 0.717) is 17.1 Å². The number of carbonyl (C=O) groups is 1. The molecule has 4 nitrogen and oxygen atoms in total. The van der Waals surface area contributed by atoms with Crippen molar-refractivity contribution < 1.29 is 14.3 Å². The van der Waals surface area contributed by atoms with Crippen LogP contribution in [0.2, 0.25) is 0 Å². The standard InChI is InChI=1S/C11H13NO3/c1-14-8-3-4-9(10(13)5-6-12)11(7-8)15-2/h3-7H,12H2,1-2H3/b6-5-. The second kappa shape index (κ2) is 5.05. The summed E-state index contributed by atoms with van der Waals surface area (Å²) in [5.41, 5.74) is 5.61. The van der Waals surface area contributed by atoms with Gasteiger partial charge in [0.1, 0.15) is 11.5 Å². The van der Waals surface area contributed by atoms with E-state index in [4.69, 9.17) is 15.2 Å². The van der Waals surface area contributed by atoms with E-state index in [1.807, 2.05) is 0 Å². The Balaban J connectivity index is 3.12. The van der Waals surface area contributed by atoms with Gasteiger partial charge in [0.15, 0.2) is 5.78 Å². The van der Waals surface area contributed by atoms with E-state index in [2.05, 4.69) is 0 Å². The highest BCUT2D eigenvalue weighted by atomic mass is 16.5. The number of benzene rings is 1. The van der Waals surface area contributed by atoms with Crippen molar-refractivity contribution in [2.45, 2.75) is 0 Å². The Labute approximate surface area is 88.3 Å². The van der Waals surface area contributed by atoms with E-state index in [-0.39, 0.29) is 5.78 Å². The first-order valence-electron chi connectivity index (χ1n) is 4.37. The van der Waals surface area contributed by atoms with Gasteiger partial charge >= 0.3 is 0 Å². The molecule has 1 rings (SSSR count). The summed E-state index contributed by atoms with van der Waals surface area (Å²) in [6.45, 7) is 0. The van der Waals surface area contributed by atoms with Crippen molar-refractivity contribution in [2.75, 3.05) is 14.2 Å². The number of carbonyl (C=O) groups excluding carboxylic acids is 1. The quantitative estimate of drug-likeness (QED) is 0.598. The zero-order chi connectivity index (χ0) is 11.3. The van der Waals surface area contributed by atoms with E-state index in [0.717, 1.165) is 0 Å². The van der Waals surface area contributed by atoms with Crippen LogP contribution in [0.1, 0.15) is 10.4 Å². The molecule has 80 valence electrons. The summed E-state index contributed by atoms with van der Waals surface area (Å²) < 4.78 is 10.1. The zero-order valence-corrected chi connectivity index (χ0v) is 8.69. The van der Waals surface area contributed by atoms with Crippen molar-refractivity contribution in [1.82, 2.24) is 0 Å². The highest BCUT2D eigenvalue weighted by molar-refractivity contribution is 6.06. The number of hydrogen-bond acceptors (Lipinski definition) is 4. The summed E-state index contributed by atoms with van der Waals surface area (Å²) in [5.74, 6) is 0.912. The normalized spacial score (nSPS) is 10.3. The topological polar surface area (TPSA) is 61.5 Å². The van der Waals surface area contributed by atoms with E-state index < -0.39 is 0 Å². The van der Waals surface area contributed by atoms with Gasteiger partial charge in [0.05, 0.1) is 19.8 Å². The number of methoxy groups -OCH3 is 2. The SMILES string of the molecule is COc1ccc(C(=O)/C=C\N)c(OC)c1. The van der Waals surface area contributed by atoms with Crippen LogP contribution in [0.25, 0.3) is 0 Å². The molecule has 2 N–H and O–H groups in total. The maximum absolute atomic E-state index is 11.5. The lowest BCUT2D eigenvalue weighted by atomic mass is 10.1. The number of ether oxygens (including phenoxy) is 2. The first-order valence-corrected chi connectivity index (χ1v) is 4.37. The number of ketones is 1.